The van der Waals surface area contributed by atoms with Crippen LogP contribution in [-0.4, -0.2) is 30.1 Å². The summed E-state index contributed by atoms with van der Waals surface area (Å²) in [4.78, 5) is 11.1. The average Bonchev–Trinajstić information content (AvgIpc) is 2.63. The highest BCUT2D eigenvalue weighted by Gasteiger charge is 2.26. The molecule has 1 rings (SSSR count). The lowest BCUT2D eigenvalue weighted by Gasteiger charge is -2.15. The Hall–Kier alpha value is -1.34. The molecule has 0 aromatic carbocycles. The third kappa shape index (κ3) is 3.85. The van der Waals surface area contributed by atoms with E-state index in [1.54, 1.807) is 17.8 Å². The Morgan fingerprint density at radius 3 is 2.50 bits per heavy atom. The van der Waals surface area contributed by atoms with E-state index in [1.807, 2.05) is 13.8 Å². The standard InChI is InChI=1S/C11H18N2O4S/c1-8(2)6-10(11(14)15)12-18(16,17)9-4-5-13(3)7-9/h4-5,7-8,10,12H,6H2,1-3H3,(H,14,15). The Morgan fingerprint density at radius 2 is 2.11 bits per heavy atom. The first-order valence-electron chi connectivity index (χ1n) is 5.59. The second-order valence-corrected chi connectivity index (χ2v) is 6.37. The van der Waals surface area contributed by atoms with Gasteiger partial charge in [-0.15, -0.1) is 0 Å². The van der Waals surface area contributed by atoms with Crippen molar-refractivity contribution in [1.29, 1.82) is 0 Å². The van der Waals surface area contributed by atoms with Crippen LogP contribution in [0.1, 0.15) is 20.3 Å². The summed E-state index contributed by atoms with van der Waals surface area (Å²) in [5, 5.41) is 9.01. The summed E-state index contributed by atoms with van der Waals surface area (Å²) in [7, 11) is -2.08. The fraction of sp³-hybridized carbons (Fsp3) is 0.545. The van der Waals surface area contributed by atoms with Gasteiger partial charge in [0.25, 0.3) is 0 Å². The molecule has 1 heterocycles. The molecule has 0 spiro atoms. The Labute approximate surface area is 107 Å². The minimum atomic E-state index is -3.78. The van der Waals surface area contributed by atoms with Gasteiger partial charge in [0.15, 0.2) is 0 Å². The summed E-state index contributed by atoms with van der Waals surface area (Å²) in [6.45, 7) is 3.68. The third-order valence-corrected chi connectivity index (χ3v) is 3.87. The summed E-state index contributed by atoms with van der Waals surface area (Å²) in [6.07, 6.45) is 3.27. The second kappa shape index (κ2) is 5.53. The van der Waals surface area contributed by atoms with Gasteiger partial charge in [-0.3, -0.25) is 4.79 Å². The molecule has 0 radical (unpaired) electrons. The second-order valence-electron chi connectivity index (χ2n) is 4.65. The molecule has 0 saturated heterocycles. The maximum atomic E-state index is 12.0. The van der Waals surface area contributed by atoms with Gasteiger partial charge in [0, 0.05) is 19.4 Å². The molecule has 1 aromatic heterocycles. The molecule has 0 saturated carbocycles. The normalized spacial score (nSPS) is 13.8. The maximum absolute atomic E-state index is 12.0. The number of rotatable bonds is 6. The van der Waals surface area contributed by atoms with E-state index in [9.17, 15) is 13.2 Å². The van der Waals surface area contributed by atoms with E-state index in [1.165, 1.54) is 12.3 Å². The predicted molar refractivity (Wildman–Crippen MR) is 66.6 cm³/mol. The molecular weight excluding hydrogens is 256 g/mol. The fourth-order valence-electron chi connectivity index (χ4n) is 1.56. The molecule has 2 N–H and O–H groups in total. The molecule has 6 nitrogen and oxygen atoms in total. The minimum absolute atomic E-state index is 0.0695. The number of aryl methyl sites for hydroxylation is 1. The maximum Gasteiger partial charge on any atom is 0.321 e. The van der Waals surface area contributed by atoms with Gasteiger partial charge < -0.3 is 9.67 Å². The van der Waals surface area contributed by atoms with Crippen molar-refractivity contribution in [3.63, 3.8) is 0 Å². The van der Waals surface area contributed by atoms with Gasteiger partial charge in [-0.05, 0) is 18.4 Å². The van der Waals surface area contributed by atoms with E-state index in [4.69, 9.17) is 5.11 Å². The fourth-order valence-corrected chi connectivity index (χ4v) is 2.82. The Morgan fingerprint density at radius 1 is 1.50 bits per heavy atom. The van der Waals surface area contributed by atoms with Gasteiger partial charge >= 0.3 is 5.97 Å². The van der Waals surface area contributed by atoms with Crippen LogP contribution < -0.4 is 4.72 Å². The van der Waals surface area contributed by atoms with E-state index in [2.05, 4.69) is 4.72 Å². The lowest BCUT2D eigenvalue weighted by atomic mass is 10.1. The molecule has 1 aromatic rings. The van der Waals surface area contributed by atoms with E-state index >= 15 is 0 Å². The molecule has 102 valence electrons. The number of carbonyl (C=O) groups is 1. The molecule has 0 aliphatic carbocycles. The Bertz CT molecular complexity index is 519. The number of aliphatic carboxylic acids is 1. The number of carboxylic acids is 1. The minimum Gasteiger partial charge on any atom is -0.480 e. The van der Waals surface area contributed by atoms with Crippen molar-refractivity contribution in [3.8, 4) is 0 Å². The van der Waals surface area contributed by atoms with Crippen LogP contribution >= 0.6 is 0 Å². The molecule has 0 fully saturated rings. The van der Waals surface area contributed by atoms with Gasteiger partial charge in [-0.1, -0.05) is 13.8 Å². The highest BCUT2D eigenvalue weighted by molar-refractivity contribution is 7.89. The van der Waals surface area contributed by atoms with Crippen LogP contribution in [-0.2, 0) is 21.9 Å². The van der Waals surface area contributed by atoms with Gasteiger partial charge in [0.05, 0.1) is 4.90 Å². The molecule has 0 aliphatic heterocycles. The average molecular weight is 274 g/mol. The first-order chi connectivity index (χ1) is 8.22. The Balaban J connectivity index is 2.89. The molecule has 0 aliphatic rings. The number of hydrogen-bond acceptors (Lipinski definition) is 3. The number of hydrogen-bond donors (Lipinski definition) is 2. The smallest absolute Gasteiger partial charge is 0.321 e. The lowest BCUT2D eigenvalue weighted by Crippen LogP contribution is -2.41. The topological polar surface area (TPSA) is 88.4 Å². The van der Waals surface area contributed by atoms with Crippen LogP contribution in [0.5, 0.6) is 0 Å². The summed E-state index contributed by atoms with van der Waals surface area (Å²) in [5.41, 5.74) is 0. The molecule has 7 heteroatoms. The van der Waals surface area contributed by atoms with Crippen molar-refractivity contribution >= 4 is 16.0 Å². The first kappa shape index (κ1) is 14.7. The van der Waals surface area contributed by atoms with E-state index in [0.29, 0.717) is 0 Å². The molecule has 1 unspecified atom stereocenters. The number of carboxylic acid groups (broad SMARTS) is 1. The largest absolute Gasteiger partial charge is 0.480 e. The zero-order valence-electron chi connectivity index (χ0n) is 10.6. The van der Waals surface area contributed by atoms with E-state index < -0.39 is 22.0 Å². The molecule has 1 atom stereocenters. The van der Waals surface area contributed by atoms with Crippen LogP contribution in [0, 0.1) is 5.92 Å². The van der Waals surface area contributed by atoms with Gasteiger partial charge in [-0.2, -0.15) is 4.72 Å². The number of nitrogens with zero attached hydrogens (tertiary/aromatic N) is 1. The zero-order valence-corrected chi connectivity index (χ0v) is 11.4. The van der Waals surface area contributed by atoms with E-state index in [0.717, 1.165) is 0 Å². The summed E-state index contributed by atoms with van der Waals surface area (Å²) in [6, 6.07) is 0.326. The van der Waals surface area contributed by atoms with Gasteiger partial charge in [0.1, 0.15) is 6.04 Å². The van der Waals surface area contributed by atoms with Gasteiger partial charge in [0.2, 0.25) is 10.0 Å². The molecule has 0 bridgehead atoms. The zero-order chi connectivity index (χ0) is 13.9. The molecule has 18 heavy (non-hydrogen) atoms. The van der Waals surface area contributed by atoms with Crippen LogP contribution in [0.3, 0.4) is 0 Å². The van der Waals surface area contributed by atoms with Crippen LogP contribution in [0.2, 0.25) is 0 Å². The first-order valence-corrected chi connectivity index (χ1v) is 7.08. The van der Waals surface area contributed by atoms with Crippen LogP contribution in [0.4, 0.5) is 0 Å². The summed E-state index contributed by atoms with van der Waals surface area (Å²) < 4.78 is 27.7. The van der Waals surface area contributed by atoms with Crippen molar-refractivity contribution < 1.29 is 18.3 Å². The number of sulfonamides is 1. The monoisotopic (exact) mass is 274 g/mol. The van der Waals surface area contributed by atoms with Crippen molar-refractivity contribution in [3.05, 3.63) is 18.5 Å². The summed E-state index contributed by atoms with van der Waals surface area (Å²) >= 11 is 0. The van der Waals surface area contributed by atoms with E-state index in [-0.39, 0.29) is 17.2 Å². The lowest BCUT2D eigenvalue weighted by molar-refractivity contribution is -0.139. The molecular formula is C11H18N2O4S. The van der Waals surface area contributed by atoms with Crippen LogP contribution in [0.15, 0.2) is 23.4 Å². The van der Waals surface area contributed by atoms with Crippen molar-refractivity contribution in [2.75, 3.05) is 0 Å². The van der Waals surface area contributed by atoms with Crippen molar-refractivity contribution in [2.45, 2.75) is 31.2 Å². The highest BCUT2D eigenvalue weighted by atomic mass is 32.2. The highest BCUT2D eigenvalue weighted by Crippen LogP contribution is 2.12. The quantitative estimate of drug-likeness (QED) is 0.803. The molecule has 0 amide bonds. The predicted octanol–water partition coefficient (Wildman–Crippen LogP) is 0.803. The Kier molecular flexibility index (Phi) is 4.53. The van der Waals surface area contributed by atoms with Crippen molar-refractivity contribution in [1.82, 2.24) is 9.29 Å². The van der Waals surface area contributed by atoms with Crippen molar-refractivity contribution in [2.24, 2.45) is 13.0 Å². The van der Waals surface area contributed by atoms with Crippen LogP contribution in [0.25, 0.3) is 0 Å². The number of nitrogens with one attached hydrogen (secondary N) is 1. The SMILES string of the molecule is CC(C)CC(NS(=O)(=O)c1ccn(C)c1)C(=O)O. The third-order valence-electron chi connectivity index (χ3n) is 2.42. The van der Waals surface area contributed by atoms with Gasteiger partial charge in [-0.25, -0.2) is 8.42 Å². The number of aromatic nitrogens is 1. The summed E-state index contributed by atoms with van der Waals surface area (Å²) in [5.74, 6) is -1.08.